The van der Waals surface area contributed by atoms with E-state index in [9.17, 15) is 9.59 Å². The highest BCUT2D eigenvalue weighted by Crippen LogP contribution is 2.20. The summed E-state index contributed by atoms with van der Waals surface area (Å²) in [6.07, 6.45) is 4.00. The van der Waals surface area contributed by atoms with E-state index in [-0.39, 0.29) is 12.5 Å². The number of amides is 2. The van der Waals surface area contributed by atoms with Crippen molar-refractivity contribution in [3.63, 3.8) is 0 Å². The van der Waals surface area contributed by atoms with Gasteiger partial charge >= 0.3 is 12.0 Å². The smallest absolute Gasteiger partial charge is 0.317 e. The van der Waals surface area contributed by atoms with Crippen molar-refractivity contribution in [1.82, 2.24) is 10.2 Å². The van der Waals surface area contributed by atoms with Gasteiger partial charge in [0, 0.05) is 32.5 Å². The van der Waals surface area contributed by atoms with Gasteiger partial charge in [-0.05, 0) is 30.9 Å². The van der Waals surface area contributed by atoms with E-state index in [1.54, 1.807) is 11.2 Å². The molecule has 0 bridgehead atoms. The lowest BCUT2D eigenvalue weighted by Crippen LogP contribution is -2.39. The minimum absolute atomic E-state index is 0.0746. The number of nitrogens with zero attached hydrogens (tertiary/aromatic N) is 1. The van der Waals surface area contributed by atoms with E-state index in [0.717, 1.165) is 12.2 Å². The van der Waals surface area contributed by atoms with Gasteiger partial charge in [-0.2, -0.15) is 0 Å². The number of furan rings is 1. The van der Waals surface area contributed by atoms with Crippen LogP contribution in [0.2, 0.25) is 0 Å². The average Bonchev–Trinajstić information content (AvgIpc) is 3.07. The summed E-state index contributed by atoms with van der Waals surface area (Å²) in [7, 11) is 0. The molecule has 1 fully saturated rings. The molecule has 110 valence electrons. The first kappa shape index (κ1) is 14.4. The Morgan fingerprint density at radius 1 is 1.50 bits per heavy atom. The number of carbonyl (C=O) groups excluding carboxylic acids is 1. The number of carbonyl (C=O) groups is 2. The van der Waals surface area contributed by atoms with Crippen LogP contribution in [0.4, 0.5) is 4.79 Å². The molecule has 0 aromatic carbocycles. The molecule has 2 N–H and O–H groups in total. The Morgan fingerprint density at radius 2 is 2.35 bits per heavy atom. The van der Waals surface area contributed by atoms with E-state index in [4.69, 9.17) is 9.52 Å². The molecule has 1 unspecified atom stereocenters. The topological polar surface area (TPSA) is 82.8 Å². The highest BCUT2D eigenvalue weighted by Gasteiger charge is 2.26. The van der Waals surface area contributed by atoms with E-state index in [2.05, 4.69) is 5.32 Å². The lowest BCUT2D eigenvalue weighted by Gasteiger charge is -2.17. The number of urea groups is 1. The lowest BCUT2D eigenvalue weighted by atomic mass is 10.0. The summed E-state index contributed by atoms with van der Waals surface area (Å²) in [4.78, 5) is 24.2. The third-order valence-electron chi connectivity index (χ3n) is 3.57. The number of carboxylic acids is 1. The minimum Gasteiger partial charge on any atom is -0.481 e. The van der Waals surface area contributed by atoms with E-state index >= 15 is 0 Å². The van der Waals surface area contributed by atoms with Crippen molar-refractivity contribution in [2.24, 2.45) is 5.92 Å². The Labute approximate surface area is 117 Å². The predicted octanol–water partition coefficient (Wildman–Crippen LogP) is 1.72. The van der Waals surface area contributed by atoms with E-state index in [1.165, 1.54) is 0 Å². The summed E-state index contributed by atoms with van der Waals surface area (Å²) in [6.45, 7) is 1.90. The van der Waals surface area contributed by atoms with Gasteiger partial charge in [0.05, 0.1) is 6.26 Å². The average molecular weight is 280 g/mol. The van der Waals surface area contributed by atoms with Gasteiger partial charge in [-0.1, -0.05) is 0 Å². The molecule has 0 aliphatic carbocycles. The number of hydrogen-bond donors (Lipinski definition) is 2. The highest BCUT2D eigenvalue weighted by atomic mass is 16.4. The summed E-state index contributed by atoms with van der Waals surface area (Å²) in [6, 6.07) is 3.63. The molecule has 2 heterocycles. The molecule has 20 heavy (non-hydrogen) atoms. The molecule has 2 amide bonds. The number of aliphatic carboxylic acids is 1. The normalized spacial score (nSPS) is 18.2. The van der Waals surface area contributed by atoms with Crippen LogP contribution < -0.4 is 5.32 Å². The molecular formula is C14H20N2O4. The second-order valence-electron chi connectivity index (χ2n) is 5.09. The summed E-state index contributed by atoms with van der Waals surface area (Å²) >= 11 is 0. The largest absolute Gasteiger partial charge is 0.481 e. The summed E-state index contributed by atoms with van der Waals surface area (Å²) < 4.78 is 5.19. The van der Waals surface area contributed by atoms with Crippen LogP contribution >= 0.6 is 0 Å². The number of carboxylic acid groups (broad SMARTS) is 1. The van der Waals surface area contributed by atoms with Crippen LogP contribution in [-0.4, -0.2) is 41.6 Å². The van der Waals surface area contributed by atoms with Gasteiger partial charge in [0.1, 0.15) is 5.76 Å². The van der Waals surface area contributed by atoms with Crippen molar-refractivity contribution >= 4 is 12.0 Å². The lowest BCUT2D eigenvalue weighted by molar-refractivity contribution is -0.137. The third kappa shape index (κ3) is 4.29. The SMILES string of the molecule is O=C(O)CCC1CCN(C(=O)NCCc2ccco2)C1. The van der Waals surface area contributed by atoms with Crippen LogP contribution in [0.1, 0.15) is 25.0 Å². The zero-order valence-electron chi connectivity index (χ0n) is 11.4. The second-order valence-corrected chi connectivity index (χ2v) is 5.09. The zero-order valence-corrected chi connectivity index (χ0v) is 11.4. The van der Waals surface area contributed by atoms with Crippen molar-refractivity contribution in [3.8, 4) is 0 Å². The molecule has 1 aromatic rings. The first-order chi connectivity index (χ1) is 9.65. The van der Waals surface area contributed by atoms with Crippen LogP contribution in [0, 0.1) is 5.92 Å². The molecule has 0 spiro atoms. The van der Waals surface area contributed by atoms with Gasteiger partial charge in [0.25, 0.3) is 0 Å². The molecule has 2 rings (SSSR count). The van der Waals surface area contributed by atoms with Crippen molar-refractivity contribution in [1.29, 1.82) is 0 Å². The first-order valence-electron chi connectivity index (χ1n) is 6.92. The highest BCUT2D eigenvalue weighted by molar-refractivity contribution is 5.74. The molecule has 6 heteroatoms. The van der Waals surface area contributed by atoms with E-state index in [0.29, 0.717) is 38.4 Å². The van der Waals surface area contributed by atoms with Crippen LogP contribution in [-0.2, 0) is 11.2 Å². The summed E-state index contributed by atoms with van der Waals surface area (Å²) in [5.74, 6) is 0.388. The van der Waals surface area contributed by atoms with Gasteiger partial charge in [0.15, 0.2) is 0 Å². The van der Waals surface area contributed by atoms with Crippen LogP contribution in [0.3, 0.4) is 0 Å². The summed E-state index contributed by atoms with van der Waals surface area (Å²) in [5.41, 5.74) is 0. The Hall–Kier alpha value is -1.98. The Morgan fingerprint density at radius 3 is 3.05 bits per heavy atom. The number of hydrogen-bond acceptors (Lipinski definition) is 3. The fourth-order valence-electron chi connectivity index (χ4n) is 2.44. The monoisotopic (exact) mass is 280 g/mol. The maximum absolute atomic E-state index is 11.9. The molecule has 1 aromatic heterocycles. The number of rotatable bonds is 6. The Bertz CT molecular complexity index is 444. The molecule has 6 nitrogen and oxygen atoms in total. The van der Waals surface area contributed by atoms with Gasteiger partial charge < -0.3 is 19.7 Å². The summed E-state index contributed by atoms with van der Waals surface area (Å²) in [5, 5.41) is 11.5. The fraction of sp³-hybridized carbons (Fsp3) is 0.571. The molecule has 1 aliphatic heterocycles. The standard InChI is InChI=1S/C14H20N2O4/c17-13(18)4-3-11-6-8-16(10-11)14(19)15-7-5-12-2-1-9-20-12/h1-2,9,11H,3-8,10H2,(H,15,19)(H,17,18). The van der Waals surface area contributed by atoms with E-state index < -0.39 is 5.97 Å². The molecule has 0 radical (unpaired) electrons. The first-order valence-corrected chi connectivity index (χ1v) is 6.92. The molecule has 1 saturated heterocycles. The Kier molecular flexibility index (Phi) is 5.03. The predicted molar refractivity (Wildman–Crippen MR) is 72.4 cm³/mol. The van der Waals surface area contributed by atoms with Gasteiger partial charge in [-0.3, -0.25) is 4.79 Å². The molecule has 1 atom stereocenters. The van der Waals surface area contributed by atoms with Crippen LogP contribution in [0.5, 0.6) is 0 Å². The zero-order chi connectivity index (χ0) is 14.4. The van der Waals surface area contributed by atoms with Crippen LogP contribution in [0.25, 0.3) is 0 Å². The maximum Gasteiger partial charge on any atom is 0.317 e. The quantitative estimate of drug-likeness (QED) is 0.831. The number of nitrogens with one attached hydrogen (secondary N) is 1. The van der Waals surface area contributed by atoms with E-state index in [1.807, 2.05) is 12.1 Å². The number of likely N-dealkylation sites (tertiary alicyclic amines) is 1. The van der Waals surface area contributed by atoms with Gasteiger partial charge in [0.2, 0.25) is 0 Å². The maximum atomic E-state index is 11.9. The van der Waals surface area contributed by atoms with Crippen molar-refractivity contribution in [2.45, 2.75) is 25.7 Å². The fourth-order valence-corrected chi connectivity index (χ4v) is 2.44. The van der Waals surface area contributed by atoms with Crippen molar-refractivity contribution < 1.29 is 19.1 Å². The third-order valence-corrected chi connectivity index (χ3v) is 3.57. The Balaban J connectivity index is 1.65. The van der Waals surface area contributed by atoms with Crippen molar-refractivity contribution in [3.05, 3.63) is 24.2 Å². The van der Waals surface area contributed by atoms with Gasteiger partial charge in [-0.25, -0.2) is 4.79 Å². The van der Waals surface area contributed by atoms with Crippen LogP contribution in [0.15, 0.2) is 22.8 Å². The van der Waals surface area contributed by atoms with Gasteiger partial charge in [-0.15, -0.1) is 0 Å². The molecular weight excluding hydrogens is 260 g/mol. The minimum atomic E-state index is -0.772. The molecule has 0 saturated carbocycles. The molecule has 1 aliphatic rings. The second kappa shape index (κ2) is 6.98. The van der Waals surface area contributed by atoms with Crippen molar-refractivity contribution in [2.75, 3.05) is 19.6 Å².